The SMILES string of the molecule is CC(C)N(C)S(=O)(=O)c1ccc(NCC(=O)Nc2ccc(F)c(F)c2)cc1. The summed E-state index contributed by atoms with van der Waals surface area (Å²) in [5, 5.41) is 5.27. The van der Waals surface area contributed by atoms with Crippen LogP contribution in [-0.4, -0.2) is 38.3 Å². The van der Waals surface area contributed by atoms with E-state index in [1.165, 1.54) is 29.6 Å². The van der Waals surface area contributed by atoms with E-state index in [1.54, 1.807) is 26.0 Å². The van der Waals surface area contributed by atoms with Gasteiger partial charge < -0.3 is 10.6 Å². The molecular weight excluding hydrogens is 376 g/mol. The Morgan fingerprint density at radius 3 is 2.19 bits per heavy atom. The zero-order chi connectivity index (χ0) is 20.2. The second-order valence-electron chi connectivity index (χ2n) is 6.17. The van der Waals surface area contributed by atoms with E-state index in [2.05, 4.69) is 10.6 Å². The molecule has 9 heteroatoms. The van der Waals surface area contributed by atoms with E-state index in [9.17, 15) is 22.0 Å². The first-order valence-electron chi connectivity index (χ1n) is 8.18. The number of carbonyl (C=O) groups is 1. The predicted octanol–water partition coefficient (Wildman–Crippen LogP) is 3.04. The first kappa shape index (κ1) is 20.8. The average molecular weight is 397 g/mol. The lowest BCUT2D eigenvalue weighted by Gasteiger charge is -2.21. The second kappa shape index (κ2) is 8.45. The summed E-state index contributed by atoms with van der Waals surface area (Å²) in [5.41, 5.74) is 0.681. The summed E-state index contributed by atoms with van der Waals surface area (Å²) in [6.07, 6.45) is 0. The average Bonchev–Trinajstić information content (AvgIpc) is 2.62. The normalized spacial score (nSPS) is 11.7. The van der Waals surface area contributed by atoms with Crippen molar-refractivity contribution in [3.63, 3.8) is 0 Å². The van der Waals surface area contributed by atoms with Crippen LogP contribution >= 0.6 is 0 Å². The van der Waals surface area contributed by atoms with Gasteiger partial charge in [-0.1, -0.05) is 0 Å². The molecule has 0 saturated carbocycles. The molecule has 0 unspecified atom stereocenters. The van der Waals surface area contributed by atoms with Crippen LogP contribution in [0.1, 0.15) is 13.8 Å². The molecule has 0 radical (unpaired) electrons. The molecule has 1 amide bonds. The Bertz CT molecular complexity index is 916. The second-order valence-corrected chi connectivity index (χ2v) is 8.17. The number of hydrogen-bond acceptors (Lipinski definition) is 4. The van der Waals surface area contributed by atoms with Crippen molar-refractivity contribution in [1.29, 1.82) is 0 Å². The van der Waals surface area contributed by atoms with Crippen molar-refractivity contribution in [2.24, 2.45) is 0 Å². The highest BCUT2D eigenvalue weighted by molar-refractivity contribution is 7.89. The third-order valence-electron chi connectivity index (χ3n) is 3.91. The zero-order valence-electron chi connectivity index (χ0n) is 15.2. The first-order valence-corrected chi connectivity index (χ1v) is 9.62. The number of sulfonamides is 1. The lowest BCUT2D eigenvalue weighted by atomic mass is 10.3. The molecule has 146 valence electrons. The van der Waals surface area contributed by atoms with Crippen LogP contribution in [0.3, 0.4) is 0 Å². The minimum absolute atomic E-state index is 0.128. The van der Waals surface area contributed by atoms with Gasteiger partial charge in [0.1, 0.15) is 0 Å². The molecule has 2 N–H and O–H groups in total. The van der Waals surface area contributed by atoms with Crippen molar-refractivity contribution in [3.8, 4) is 0 Å². The van der Waals surface area contributed by atoms with Crippen LogP contribution < -0.4 is 10.6 Å². The van der Waals surface area contributed by atoms with Crippen LogP contribution in [0, 0.1) is 11.6 Å². The Balaban J connectivity index is 1.96. The molecule has 27 heavy (non-hydrogen) atoms. The van der Waals surface area contributed by atoms with E-state index in [4.69, 9.17) is 0 Å². The Kier molecular flexibility index (Phi) is 6.50. The van der Waals surface area contributed by atoms with Gasteiger partial charge in [-0.2, -0.15) is 4.31 Å². The molecule has 0 atom stereocenters. The van der Waals surface area contributed by atoms with Crippen LogP contribution in [0.4, 0.5) is 20.2 Å². The number of halogens is 2. The summed E-state index contributed by atoms with van der Waals surface area (Å²) >= 11 is 0. The van der Waals surface area contributed by atoms with Gasteiger partial charge in [0.15, 0.2) is 11.6 Å². The van der Waals surface area contributed by atoms with Gasteiger partial charge in [-0.05, 0) is 50.2 Å². The monoisotopic (exact) mass is 397 g/mol. The predicted molar refractivity (Wildman–Crippen MR) is 100 cm³/mol. The number of rotatable bonds is 7. The van der Waals surface area contributed by atoms with Crippen molar-refractivity contribution in [2.45, 2.75) is 24.8 Å². The molecule has 0 aliphatic heterocycles. The van der Waals surface area contributed by atoms with Gasteiger partial charge in [-0.3, -0.25) is 4.79 Å². The topological polar surface area (TPSA) is 78.5 Å². The van der Waals surface area contributed by atoms with Gasteiger partial charge in [0.25, 0.3) is 0 Å². The number of anilines is 2. The third kappa shape index (κ3) is 5.24. The standard InChI is InChI=1S/C18H21F2N3O3S/c1-12(2)23(3)27(25,26)15-7-4-13(5-8-15)21-11-18(24)22-14-6-9-16(19)17(20)10-14/h4-10,12,21H,11H2,1-3H3,(H,22,24). The fourth-order valence-corrected chi connectivity index (χ4v) is 3.52. The van der Waals surface area contributed by atoms with Crippen molar-refractivity contribution in [3.05, 3.63) is 54.1 Å². The van der Waals surface area contributed by atoms with Gasteiger partial charge in [0, 0.05) is 30.5 Å². The molecule has 0 spiro atoms. The molecule has 0 aromatic heterocycles. The number of amides is 1. The number of carbonyl (C=O) groups excluding carboxylic acids is 1. The maximum Gasteiger partial charge on any atom is 0.243 e. The molecule has 2 rings (SSSR count). The van der Waals surface area contributed by atoms with Crippen molar-refractivity contribution in [2.75, 3.05) is 24.2 Å². The summed E-state index contributed by atoms with van der Waals surface area (Å²) in [5.74, 6) is -2.51. The molecule has 0 fully saturated rings. The van der Waals surface area contributed by atoms with E-state index in [1.807, 2.05) is 0 Å². The third-order valence-corrected chi connectivity index (χ3v) is 5.96. The van der Waals surface area contributed by atoms with Gasteiger partial charge in [0.05, 0.1) is 11.4 Å². The molecule has 0 aliphatic carbocycles. The molecule has 6 nitrogen and oxygen atoms in total. The summed E-state index contributed by atoms with van der Waals surface area (Å²) in [6.45, 7) is 3.43. The fraction of sp³-hybridized carbons (Fsp3) is 0.278. The Morgan fingerprint density at radius 2 is 1.63 bits per heavy atom. The number of nitrogens with one attached hydrogen (secondary N) is 2. The van der Waals surface area contributed by atoms with Gasteiger partial charge in [-0.25, -0.2) is 17.2 Å². The minimum Gasteiger partial charge on any atom is -0.376 e. The fourth-order valence-electron chi connectivity index (χ4n) is 2.15. The van der Waals surface area contributed by atoms with Crippen LogP contribution in [0.5, 0.6) is 0 Å². The van der Waals surface area contributed by atoms with Crippen LogP contribution in [0.25, 0.3) is 0 Å². The Labute approximate surface area is 157 Å². The lowest BCUT2D eigenvalue weighted by Crippen LogP contribution is -2.33. The summed E-state index contributed by atoms with van der Waals surface area (Å²) in [7, 11) is -2.07. The minimum atomic E-state index is -3.57. The molecule has 0 bridgehead atoms. The van der Waals surface area contributed by atoms with E-state index in [0.717, 1.165) is 12.1 Å². The maximum atomic E-state index is 13.1. The van der Waals surface area contributed by atoms with Gasteiger partial charge in [-0.15, -0.1) is 0 Å². The lowest BCUT2D eigenvalue weighted by molar-refractivity contribution is -0.114. The highest BCUT2D eigenvalue weighted by Crippen LogP contribution is 2.19. The molecule has 0 aliphatic rings. The summed E-state index contributed by atoms with van der Waals surface area (Å²) in [4.78, 5) is 12.0. The van der Waals surface area contributed by atoms with Crippen LogP contribution in [0.2, 0.25) is 0 Å². The maximum absolute atomic E-state index is 13.1. The largest absolute Gasteiger partial charge is 0.376 e. The molecule has 2 aromatic carbocycles. The highest BCUT2D eigenvalue weighted by atomic mass is 32.2. The summed E-state index contributed by atoms with van der Waals surface area (Å²) < 4.78 is 52.0. The van der Waals surface area contributed by atoms with Gasteiger partial charge >= 0.3 is 0 Å². The van der Waals surface area contributed by atoms with Crippen molar-refractivity contribution in [1.82, 2.24) is 4.31 Å². The van der Waals surface area contributed by atoms with Crippen molar-refractivity contribution >= 4 is 27.3 Å². The van der Waals surface area contributed by atoms with E-state index < -0.39 is 27.6 Å². The van der Waals surface area contributed by atoms with E-state index in [0.29, 0.717) is 5.69 Å². The quantitative estimate of drug-likeness (QED) is 0.753. The van der Waals surface area contributed by atoms with E-state index in [-0.39, 0.29) is 23.2 Å². The first-order chi connectivity index (χ1) is 12.6. The Morgan fingerprint density at radius 1 is 1.04 bits per heavy atom. The van der Waals surface area contributed by atoms with Gasteiger partial charge in [0.2, 0.25) is 15.9 Å². The smallest absolute Gasteiger partial charge is 0.243 e. The molecule has 0 saturated heterocycles. The number of benzene rings is 2. The highest BCUT2D eigenvalue weighted by Gasteiger charge is 2.22. The molecular formula is C18H21F2N3O3S. The molecule has 2 aromatic rings. The number of hydrogen-bond donors (Lipinski definition) is 2. The van der Waals surface area contributed by atoms with Crippen molar-refractivity contribution < 1.29 is 22.0 Å². The Hall–Kier alpha value is -2.52. The summed E-state index contributed by atoms with van der Waals surface area (Å²) in [6, 6.07) is 8.88. The van der Waals surface area contributed by atoms with Crippen LogP contribution in [-0.2, 0) is 14.8 Å². The van der Waals surface area contributed by atoms with E-state index >= 15 is 0 Å². The number of nitrogens with zero attached hydrogens (tertiary/aromatic N) is 1. The van der Waals surface area contributed by atoms with Crippen LogP contribution in [0.15, 0.2) is 47.4 Å². The zero-order valence-corrected chi connectivity index (χ0v) is 16.0. The molecule has 0 heterocycles.